The smallest absolute Gasteiger partial charge is 0.290 e. The number of primary amides is 1. The second-order valence-corrected chi connectivity index (χ2v) is 5.17. The van der Waals surface area contributed by atoms with Gasteiger partial charge in [0.05, 0.1) is 6.54 Å². The molecule has 0 aromatic carbocycles. The highest BCUT2D eigenvalue weighted by atomic mass is 16.5. The van der Waals surface area contributed by atoms with Gasteiger partial charge in [0.1, 0.15) is 0 Å². The van der Waals surface area contributed by atoms with Crippen LogP contribution in [0.25, 0.3) is 0 Å². The maximum Gasteiger partial charge on any atom is 0.290 e. The second kappa shape index (κ2) is 6.45. The SMILES string of the molecule is Cc1ccnc(CC(C)N(C)Cc2nc(C(N)=O)no2)c1. The van der Waals surface area contributed by atoms with Gasteiger partial charge in [0.2, 0.25) is 5.89 Å². The Morgan fingerprint density at radius 3 is 2.90 bits per heavy atom. The van der Waals surface area contributed by atoms with Crippen LogP contribution in [0.2, 0.25) is 0 Å². The quantitative estimate of drug-likeness (QED) is 0.849. The van der Waals surface area contributed by atoms with Gasteiger partial charge in [0.15, 0.2) is 0 Å². The molecular formula is C14H19N5O2. The molecule has 2 rings (SSSR count). The van der Waals surface area contributed by atoms with Crippen molar-refractivity contribution in [3.8, 4) is 0 Å². The van der Waals surface area contributed by atoms with Gasteiger partial charge in [-0.3, -0.25) is 14.7 Å². The van der Waals surface area contributed by atoms with E-state index in [1.165, 1.54) is 5.56 Å². The van der Waals surface area contributed by atoms with E-state index in [-0.39, 0.29) is 11.9 Å². The van der Waals surface area contributed by atoms with Crippen molar-refractivity contribution in [1.82, 2.24) is 20.0 Å². The molecule has 1 atom stereocenters. The zero-order valence-corrected chi connectivity index (χ0v) is 12.4. The zero-order valence-electron chi connectivity index (χ0n) is 12.4. The lowest BCUT2D eigenvalue weighted by Crippen LogP contribution is -2.30. The van der Waals surface area contributed by atoms with Gasteiger partial charge in [-0.2, -0.15) is 4.98 Å². The minimum absolute atomic E-state index is 0.0913. The Balaban J connectivity index is 1.95. The molecule has 2 N–H and O–H groups in total. The fourth-order valence-corrected chi connectivity index (χ4v) is 1.96. The summed E-state index contributed by atoms with van der Waals surface area (Å²) in [6, 6.07) is 4.28. The molecule has 1 amide bonds. The molecule has 2 aromatic rings. The van der Waals surface area contributed by atoms with Crippen LogP contribution in [0.3, 0.4) is 0 Å². The summed E-state index contributed by atoms with van der Waals surface area (Å²) in [5.41, 5.74) is 7.32. The maximum atomic E-state index is 10.9. The van der Waals surface area contributed by atoms with Gasteiger partial charge in [0, 0.05) is 24.4 Å². The van der Waals surface area contributed by atoms with Gasteiger partial charge >= 0.3 is 0 Å². The summed E-state index contributed by atoms with van der Waals surface area (Å²) in [6.07, 6.45) is 2.63. The molecule has 112 valence electrons. The van der Waals surface area contributed by atoms with E-state index in [9.17, 15) is 4.79 Å². The third-order valence-corrected chi connectivity index (χ3v) is 3.30. The molecule has 0 radical (unpaired) electrons. The average Bonchev–Trinajstić information content (AvgIpc) is 2.87. The summed E-state index contributed by atoms with van der Waals surface area (Å²) in [5, 5.41) is 3.52. The minimum Gasteiger partial charge on any atom is -0.363 e. The molecule has 7 heteroatoms. The number of aryl methyl sites for hydroxylation is 1. The standard InChI is InChI=1S/C14H19N5O2/c1-9-4-5-16-11(6-9)7-10(2)19(3)8-12-17-14(13(15)20)18-21-12/h4-6,10H,7-8H2,1-3H3,(H2,15,20). The van der Waals surface area contributed by atoms with Crippen molar-refractivity contribution in [2.45, 2.75) is 32.9 Å². The van der Waals surface area contributed by atoms with Gasteiger partial charge in [0.25, 0.3) is 11.7 Å². The van der Waals surface area contributed by atoms with Gasteiger partial charge in [-0.05, 0) is 38.6 Å². The molecule has 0 spiro atoms. The monoisotopic (exact) mass is 289 g/mol. The van der Waals surface area contributed by atoms with Crippen LogP contribution in [0.15, 0.2) is 22.9 Å². The molecule has 0 aliphatic rings. The van der Waals surface area contributed by atoms with Crippen molar-refractivity contribution in [2.75, 3.05) is 7.05 Å². The normalized spacial score (nSPS) is 12.6. The summed E-state index contributed by atoms with van der Waals surface area (Å²) in [4.78, 5) is 21.3. The Morgan fingerprint density at radius 2 is 2.29 bits per heavy atom. The lowest BCUT2D eigenvalue weighted by Gasteiger charge is -2.22. The van der Waals surface area contributed by atoms with E-state index in [0.717, 1.165) is 12.1 Å². The molecule has 0 bridgehead atoms. The van der Waals surface area contributed by atoms with Crippen molar-refractivity contribution in [3.63, 3.8) is 0 Å². The molecular weight excluding hydrogens is 270 g/mol. The summed E-state index contributed by atoms with van der Waals surface area (Å²) < 4.78 is 5.00. The van der Waals surface area contributed by atoms with Crippen LogP contribution in [-0.4, -0.2) is 39.0 Å². The molecule has 7 nitrogen and oxygen atoms in total. The Morgan fingerprint density at radius 1 is 1.52 bits per heavy atom. The third kappa shape index (κ3) is 4.09. The van der Waals surface area contributed by atoms with Crippen molar-refractivity contribution in [2.24, 2.45) is 5.73 Å². The third-order valence-electron chi connectivity index (χ3n) is 3.30. The van der Waals surface area contributed by atoms with Crippen molar-refractivity contribution in [3.05, 3.63) is 41.3 Å². The first-order valence-corrected chi connectivity index (χ1v) is 6.70. The van der Waals surface area contributed by atoms with E-state index >= 15 is 0 Å². The highest BCUT2D eigenvalue weighted by molar-refractivity contribution is 5.88. The number of carbonyl (C=O) groups is 1. The van der Waals surface area contributed by atoms with Gasteiger partial charge in [-0.25, -0.2) is 0 Å². The molecule has 0 saturated heterocycles. The Kier molecular flexibility index (Phi) is 4.64. The number of likely N-dealkylation sites (N-methyl/N-ethyl adjacent to an activating group) is 1. The first-order valence-electron chi connectivity index (χ1n) is 6.70. The highest BCUT2D eigenvalue weighted by Gasteiger charge is 2.16. The molecule has 21 heavy (non-hydrogen) atoms. The summed E-state index contributed by atoms with van der Waals surface area (Å²) in [7, 11) is 1.95. The number of nitrogens with zero attached hydrogens (tertiary/aromatic N) is 4. The first-order chi connectivity index (χ1) is 9.95. The number of carbonyl (C=O) groups excluding carboxylic acids is 1. The summed E-state index contributed by atoms with van der Waals surface area (Å²) in [6.45, 7) is 4.59. The lowest BCUT2D eigenvalue weighted by molar-refractivity contribution is 0.0987. The fraction of sp³-hybridized carbons (Fsp3) is 0.429. The number of hydrogen-bond donors (Lipinski definition) is 1. The predicted molar refractivity (Wildman–Crippen MR) is 76.4 cm³/mol. The largest absolute Gasteiger partial charge is 0.363 e. The number of nitrogens with two attached hydrogens (primary N) is 1. The Hall–Kier alpha value is -2.28. The Labute approximate surface area is 123 Å². The predicted octanol–water partition coefficient (Wildman–Crippen LogP) is 0.935. The molecule has 0 fully saturated rings. The zero-order chi connectivity index (χ0) is 15.4. The van der Waals surface area contributed by atoms with Crippen LogP contribution >= 0.6 is 0 Å². The topological polar surface area (TPSA) is 98.1 Å². The van der Waals surface area contributed by atoms with Crippen LogP contribution in [-0.2, 0) is 13.0 Å². The maximum absolute atomic E-state index is 10.9. The molecule has 1 unspecified atom stereocenters. The average molecular weight is 289 g/mol. The van der Waals surface area contributed by atoms with Crippen LogP contribution in [0.5, 0.6) is 0 Å². The molecule has 0 aliphatic heterocycles. The number of hydrogen-bond acceptors (Lipinski definition) is 6. The van der Waals surface area contributed by atoms with Crippen molar-refractivity contribution >= 4 is 5.91 Å². The highest BCUT2D eigenvalue weighted by Crippen LogP contribution is 2.10. The van der Waals surface area contributed by atoms with Crippen LogP contribution in [0, 0.1) is 6.92 Å². The number of pyridine rings is 1. The van der Waals surface area contributed by atoms with Gasteiger partial charge in [-0.15, -0.1) is 0 Å². The van der Waals surface area contributed by atoms with E-state index in [1.807, 2.05) is 26.2 Å². The molecule has 0 saturated carbocycles. The van der Waals surface area contributed by atoms with E-state index in [4.69, 9.17) is 10.3 Å². The van der Waals surface area contributed by atoms with Gasteiger partial charge in [-0.1, -0.05) is 5.16 Å². The molecule has 0 aliphatic carbocycles. The number of aromatic nitrogens is 3. The van der Waals surface area contributed by atoms with Crippen LogP contribution in [0.4, 0.5) is 0 Å². The van der Waals surface area contributed by atoms with E-state index in [0.29, 0.717) is 12.4 Å². The minimum atomic E-state index is -0.690. The summed E-state index contributed by atoms with van der Waals surface area (Å²) in [5.74, 6) is -0.411. The summed E-state index contributed by atoms with van der Waals surface area (Å²) >= 11 is 0. The van der Waals surface area contributed by atoms with Crippen LogP contribution in [0.1, 0.15) is 34.7 Å². The first kappa shape index (κ1) is 15.1. The Bertz CT molecular complexity index is 625. The van der Waals surface area contributed by atoms with E-state index < -0.39 is 5.91 Å². The lowest BCUT2D eigenvalue weighted by atomic mass is 10.1. The molecule has 2 heterocycles. The molecule has 2 aromatic heterocycles. The van der Waals surface area contributed by atoms with E-state index in [2.05, 4.69) is 33.0 Å². The van der Waals surface area contributed by atoms with Gasteiger partial charge < -0.3 is 10.3 Å². The fourth-order valence-electron chi connectivity index (χ4n) is 1.96. The van der Waals surface area contributed by atoms with E-state index in [1.54, 1.807) is 0 Å². The van der Waals surface area contributed by atoms with Crippen molar-refractivity contribution < 1.29 is 9.32 Å². The van der Waals surface area contributed by atoms with Crippen LogP contribution < -0.4 is 5.73 Å². The number of amides is 1. The second-order valence-electron chi connectivity index (χ2n) is 5.17. The van der Waals surface area contributed by atoms with Crippen molar-refractivity contribution in [1.29, 1.82) is 0 Å². The number of rotatable bonds is 6.